The minimum Gasteiger partial charge on any atom is -0.396 e. The van der Waals surface area contributed by atoms with Crippen molar-refractivity contribution in [3.05, 3.63) is 89.5 Å². The predicted octanol–water partition coefficient (Wildman–Crippen LogP) is 6.40. The van der Waals surface area contributed by atoms with E-state index in [0.29, 0.717) is 5.92 Å². The maximum Gasteiger partial charge on any atom is 0.0461 e. The Hall–Kier alpha value is -2.62. The highest BCUT2D eigenvalue weighted by atomic mass is 16.3. The normalized spacial score (nSPS) is 11.1. The van der Waals surface area contributed by atoms with Gasteiger partial charge < -0.3 is 15.1 Å². The summed E-state index contributed by atoms with van der Waals surface area (Å²) >= 11 is 0. The van der Waals surface area contributed by atoms with Crippen LogP contribution in [0.1, 0.15) is 48.3 Å². The number of aryl methyl sites for hydroxylation is 2. The zero-order chi connectivity index (χ0) is 21.3. The Morgan fingerprint density at radius 3 is 1.33 bits per heavy atom. The van der Waals surface area contributed by atoms with Crippen molar-refractivity contribution in [3.63, 3.8) is 0 Å². The van der Waals surface area contributed by atoms with E-state index in [1.165, 1.54) is 16.7 Å². The van der Waals surface area contributed by atoms with Gasteiger partial charge in [0, 0.05) is 30.3 Å². The summed E-state index contributed by atoms with van der Waals surface area (Å²) in [5.41, 5.74) is 7.15. The first-order valence-electron chi connectivity index (χ1n) is 10.9. The monoisotopic (exact) mass is 403 g/mol. The van der Waals surface area contributed by atoms with Gasteiger partial charge in [0.05, 0.1) is 0 Å². The molecule has 0 radical (unpaired) electrons. The molecule has 2 N–H and O–H groups in total. The van der Waals surface area contributed by atoms with E-state index in [0.717, 1.165) is 42.7 Å². The zero-order valence-electron chi connectivity index (χ0n) is 18.1. The number of aliphatic hydroxyl groups excluding tert-OH is 2. The molecular weight excluding hydrogens is 370 g/mol. The Morgan fingerprint density at radius 1 is 0.600 bits per heavy atom. The Morgan fingerprint density at radius 2 is 0.967 bits per heavy atom. The van der Waals surface area contributed by atoms with Crippen molar-refractivity contribution >= 4 is 17.1 Å². The van der Waals surface area contributed by atoms with Crippen molar-refractivity contribution in [1.29, 1.82) is 0 Å². The van der Waals surface area contributed by atoms with Gasteiger partial charge in [-0.2, -0.15) is 0 Å². The van der Waals surface area contributed by atoms with Gasteiger partial charge in [-0.25, -0.2) is 0 Å². The molecule has 0 saturated carbocycles. The van der Waals surface area contributed by atoms with Crippen LogP contribution < -0.4 is 4.90 Å². The lowest BCUT2D eigenvalue weighted by atomic mass is 9.90. The summed E-state index contributed by atoms with van der Waals surface area (Å²) in [5, 5.41) is 18.5. The van der Waals surface area contributed by atoms with Crippen LogP contribution in [0, 0.1) is 13.8 Å². The summed E-state index contributed by atoms with van der Waals surface area (Å²) in [4.78, 5) is 2.28. The fraction of sp³-hybridized carbons (Fsp3) is 0.333. The zero-order valence-corrected chi connectivity index (χ0v) is 18.1. The van der Waals surface area contributed by atoms with E-state index in [1.54, 1.807) is 0 Å². The second-order valence-electron chi connectivity index (χ2n) is 8.03. The molecule has 0 bridgehead atoms. The molecule has 3 rings (SSSR count). The summed E-state index contributed by atoms with van der Waals surface area (Å²) in [6.07, 6.45) is 3.46. The molecule has 0 spiro atoms. The summed E-state index contributed by atoms with van der Waals surface area (Å²) < 4.78 is 0. The third-order valence-corrected chi connectivity index (χ3v) is 5.63. The molecule has 0 aromatic heterocycles. The molecule has 0 aliphatic carbocycles. The van der Waals surface area contributed by atoms with Crippen LogP contribution in [-0.2, 0) is 0 Å². The fourth-order valence-corrected chi connectivity index (χ4v) is 3.88. The van der Waals surface area contributed by atoms with Gasteiger partial charge in [0.15, 0.2) is 0 Å². The second kappa shape index (κ2) is 11.0. The molecule has 3 heteroatoms. The van der Waals surface area contributed by atoms with Gasteiger partial charge in [0.1, 0.15) is 0 Å². The SMILES string of the molecule is Cc1ccc(N(c2ccc(C)cc2)c2ccc(C(CCCO)CCCO)cc2)cc1. The van der Waals surface area contributed by atoms with Gasteiger partial charge in [-0.15, -0.1) is 0 Å². The number of benzene rings is 3. The molecule has 0 heterocycles. The lowest BCUT2D eigenvalue weighted by molar-refractivity contribution is 0.264. The number of hydrogen-bond acceptors (Lipinski definition) is 3. The first kappa shape index (κ1) is 22.1. The maximum atomic E-state index is 9.24. The summed E-state index contributed by atoms with van der Waals surface area (Å²) in [5.74, 6) is 0.366. The van der Waals surface area contributed by atoms with E-state index in [2.05, 4.69) is 91.5 Å². The van der Waals surface area contributed by atoms with Gasteiger partial charge >= 0.3 is 0 Å². The minimum absolute atomic E-state index is 0.211. The van der Waals surface area contributed by atoms with Crippen molar-refractivity contribution in [2.24, 2.45) is 0 Å². The van der Waals surface area contributed by atoms with E-state index in [-0.39, 0.29) is 13.2 Å². The average Bonchev–Trinajstić information content (AvgIpc) is 2.77. The molecule has 3 aromatic carbocycles. The number of aliphatic hydroxyl groups is 2. The molecule has 0 atom stereocenters. The molecule has 3 aromatic rings. The van der Waals surface area contributed by atoms with E-state index in [9.17, 15) is 10.2 Å². The van der Waals surface area contributed by atoms with Crippen molar-refractivity contribution in [2.45, 2.75) is 45.4 Å². The van der Waals surface area contributed by atoms with Crippen LogP contribution in [0.4, 0.5) is 17.1 Å². The third-order valence-electron chi connectivity index (χ3n) is 5.63. The van der Waals surface area contributed by atoms with Crippen molar-refractivity contribution < 1.29 is 10.2 Å². The summed E-state index contributed by atoms with van der Waals surface area (Å²) in [6.45, 7) is 4.63. The molecule has 0 saturated heterocycles. The molecule has 3 nitrogen and oxygen atoms in total. The molecule has 30 heavy (non-hydrogen) atoms. The van der Waals surface area contributed by atoms with Crippen LogP contribution in [0.15, 0.2) is 72.8 Å². The smallest absolute Gasteiger partial charge is 0.0461 e. The molecule has 158 valence electrons. The first-order valence-corrected chi connectivity index (χ1v) is 10.9. The van der Waals surface area contributed by atoms with Crippen LogP contribution in [0.3, 0.4) is 0 Å². The Labute approximate surface area is 180 Å². The summed E-state index contributed by atoms with van der Waals surface area (Å²) in [7, 11) is 0. The highest BCUT2D eigenvalue weighted by molar-refractivity contribution is 5.76. The lowest BCUT2D eigenvalue weighted by Gasteiger charge is -2.26. The standard InChI is InChI=1S/C27H33NO2/c1-21-7-13-25(14-8-21)28(26-15-9-22(2)10-16-26)27-17-11-24(12-18-27)23(5-3-19-29)6-4-20-30/h7-18,23,29-30H,3-6,19-20H2,1-2H3. The third kappa shape index (κ3) is 5.71. The number of rotatable bonds is 10. The Balaban J connectivity index is 1.93. The maximum absolute atomic E-state index is 9.24. The van der Waals surface area contributed by atoms with Crippen LogP contribution in [0.5, 0.6) is 0 Å². The average molecular weight is 404 g/mol. The highest BCUT2D eigenvalue weighted by Crippen LogP contribution is 2.36. The first-order chi connectivity index (χ1) is 14.6. The van der Waals surface area contributed by atoms with Crippen molar-refractivity contribution in [3.8, 4) is 0 Å². The Bertz CT molecular complexity index is 832. The summed E-state index contributed by atoms with van der Waals surface area (Å²) in [6, 6.07) is 26.0. The minimum atomic E-state index is 0.211. The van der Waals surface area contributed by atoms with Crippen molar-refractivity contribution in [2.75, 3.05) is 18.1 Å². The second-order valence-corrected chi connectivity index (χ2v) is 8.03. The van der Waals surface area contributed by atoms with Gasteiger partial charge in [-0.05, 0) is 87.4 Å². The highest BCUT2D eigenvalue weighted by Gasteiger charge is 2.15. The van der Waals surface area contributed by atoms with E-state index in [4.69, 9.17) is 0 Å². The predicted molar refractivity (Wildman–Crippen MR) is 126 cm³/mol. The van der Waals surface area contributed by atoms with Crippen LogP contribution in [0.25, 0.3) is 0 Å². The number of nitrogens with zero attached hydrogens (tertiary/aromatic N) is 1. The molecule has 0 unspecified atom stereocenters. The van der Waals surface area contributed by atoms with E-state index >= 15 is 0 Å². The van der Waals surface area contributed by atoms with Gasteiger partial charge in [-0.3, -0.25) is 0 Å². The van der Waals surface area contributed by atoms with Crippen LogP contribution in [0.2, 0.25) is 0 Å². The number of anilines is 3. The fourth-order valence-electron chi connectivity index (χ4n) is 3.88. The molecule has 0 aliphatic rings. The van der Waals surface area contributed by atoms with Crippen LogP contribution in [-0.4, -0.2) is 23.4 Å². The quantitative estimate of drug-likeness (QED) is 0.411. The van der Waals surface area contributed by atoms with Gasteiger partial charge in [0.2, 0.25) is 0 Å². The number of hydrogen-bond donors (Lipinski definition) is 2. The molecule has 0 amide bonds. The van der Waals surface area contributed by atoms with Gasteiger partial charge in [-0.1, -0.05) is 47.5 Å². The largest absolute Gasteiger partial charge is 0.396 e. The molecule has 0 aliphatic heterocycles. The van der Waals surface area contributed by atoms with Crippen LogP contribution >= 0.6 is 0 Å². The van der Waals surface area contributed by atoms with E-state index in [1.807, 2.05) is 0 Å². The molecule has 0 fully saturated rings. The topological polar surface area (TPSA) is 43.7 Å². The van der Waals surface area contributed by atoms with Crippen molar-refractivity contribution in [1.82, 2.24) is 0 Å². The van der Waals surface area contributed by atoms with Gasteiger partial charge in [0.25, 0.3) is 0 Å². The Kier molecular flexibility index (Phi) is 8.06. The lowest BCUT2D eigenvalue weighted by Crippen LogP contribution is -2.10. The molecular formula is C27H33NO2. The van der Waals surface area contributed by atoms with E-state index < -0.39 is 0 Å².